The van der Waals surface area contributed by atoms with Gasteiger partial charge in [0.05, 0.1) is 65.6 Å². The molecule has 8 heterocycles. The Kier molecular flexibility index (Phi) is 33.3. The number of ether oxygens (including phenoxy) is 16. The van der Waals surface area contributed by atoms with Crippen molar-refractivity contribution in [3.8, 4) is 0 Å². The van der Waals surface area contributed by atoms with Crippen LogP contribution in [0.25, 0.3) is 0 Å². The normalized spacial score (nSPS) is 47.3. The molecule has 628 valence electrons. The predicted octanol–water partition coefficient (Wildman–Crippen LogP) is -19.5. The molecule has 8 rings (SSSR count). The first-order valence-corrected chi connectivity index (χ1v) is 34.4. The minimum Gasteiger partial charge on any atom is -0.394 e. The van der Waals surface area contributed by atoms with E-state index in [0.717, 1.165) is 20.8 Å². The van der Waals surface area contributed by atoms with Crippen molar-refractivity contribution in [3.05, 3.63) is 0 Å². The fraction of sp³-hybridized carbons (Fsp3) is 0.950. The molecule has 108 heavy (non-hydrogen) atoms. The monoisotopic (exact) mass is 1590 g/mol. The van der Waals surface area contributed by atoms with E-state index >= 15 is 0 Å². The van der Waals surface area contributed by atoms with Crippen molar-refractivity contribution < 1.29 is 223 Å². The molecule has 8 fully saturated rings. The van der Waals surface area contributed by atoms with Crippen LogP contribution in [0, 0.1) is 0 Å². The highest BCUT2D eigenvalue weighted by Gasteiger charge is 2.61. The van der Waals surface area contributed by atoms with E-state index in [4.69, 9.17) is 75.8 Å². The standard InChI is InChI=1S/C60H103N3O45/c1-14-30(77)38(85)41(88)56(94-14)106-50-29(63-17(4)74)53(99-25(12-71)48(50)104-59-44(91)51(35(82)23(10-69)98-59)107-54-27(61-15(2)72)37(84)47(24(11-70)100-54)103-57-42(89)39(86)32(79)20(7-66)96-57)93-13-26-36(83)52(45(92)60(101-26)102-46(19(76)6-65)31(78)18(75)5-64)108-55-28(62-16(3)73)49(34(81)22(9-68)95-55)105-58-43(90)40(87)33(80)21(8-67)97-58/h14,18-60,64-71,75-92H,5-13H2,1-4H3,(H,61,72)(H,62,73)(H,63,74)/t14-,18-,19+,20+,21+,22+,23+,24+,25+,26+,27+,28+,29+,30+,31+,32-,33-,34+,35-,36-,37+,38+,39-,40-,41-,42+,43+,44+,45+,46+,47+,48+,49+,50+,51-,52-,53+,54-,55-,56-,57-,58-,59-,60-/m0/s1. The van der Waals surface area contributed by atoms with Gasteiger partial charge in [0.2, 0.25) is 17.7 Å². The number of carbonyl (C=O) groups is 3. The van der Waals surface area contributed by atoms with Crippen LogP contribution in [0.15, 0.2) is 0 Å². The summed E-state index contributed by atoms with van der Waals surface area (Å²) in [6.45, 7) is -6.16. The molecule has 0 saturated carbocycles. The average Bonchev–Trinajstić information content (AvgIpc) is 0.768. The number of carbonyl (C=O) groups excluding carboxylic acids is 3. The van der Waals surface area contributed by atoms with Crippen LogP contribution in [0.3, 0.4) is 0 Å². The zero-order valence-electron chi connectivity index (χ0n) is 58.2. The van der Waals surface area contributed by atoms with E-state index in [1.807, 2.05) is 0 Å². The Morgan fingerprint density at radius 2 is 0.648 bits per heavy atom. The molecule has 48 heteroatoms. The first kappa shape index (κ1) is 90.3. The average molecular weight is 1590 g/mol. The molecule has 29 N–H and O–H groups in total. The topological polar surface area (TPSA) is 761 Å². The van der Waals surface area contributed by atoms with Crippen molar-refractivity contribution in [2.45, 2.75) is 298 Å². The quantitative estimate of drug-likeness (QED) is 0.0306. The summed E-state index contributed by atoms with van der Waals surface area (Å²) in [6, 6.07) is -5.80. The van der Waals surface area contributed by atoms with E-state index in [1.165, 1.54) is 6.92 Å². The maximum absolute atomic E-state index is 13.5. The zero-order valence-corrected chi connectivity index (χ0v) is 58.2. The molecule has 0 bridgehead atoms. The van der Waals surface area contributed by atoms with Crippen molar-refractivity contribution in [1.82, 2.24) is 16.0 Å². The van der Waals surface area contributed by atoms with Gasteiger partial charge in [0, 0.05) is 20.8 Å². The van der Waals surface area contributed by atoms with E-state index < -0.39 is 347 Å². The van der Waals surface area contributed by atoms with Crippen LogP contribution >= 0.6 is 0 Å². The Balaban J connectivity index is 1.13. The maximum Gasteiger partial charge on any atom is 0.217 e. The van der Waals surface area contributed by atoms with Gasteiger partial charge in [-0.1, -0.05) is 0 Å². The fourth-order valence-corrected chi connectivity index (χ4v) is 13.6. The summed E-state index contributed by atoms with van der Waals surface area (Å²) in [7, 11) is 0. The first-order chi connectivity index (χ1) is 51.0. The van der Waals surface area contributed by atoms with Crippen LogP contribution in [0.2, 0.25) is 0 Å². The summed E-state index contributed by atoms with van der Waals surface area (Å²) in [6.07, 6.45) is -85.1. The third kappa shape index (κ3) is 20.1. The summed E-state index contributed by atoms with van der Waals surface area (Å²) in [5.41, 5.74) is 0. The van der Waals surface area contributed by atoms with E-state index in [-0.39, 0.29) is 0 Å². The number of hydrogen-bond donors (Lipinski definition) is 29. The molecular formula is C60H103N3O45. The molecule has 0 unspecified atom stereocenters. The van der Waals surface area contributed by atoms with Crippen molar-refractivity contribution >= 4 is 17.7 Å². The van der Waals surface area contributed by atoms with Gasteiger partial charge >= 0.3 is 0 Å². The number of rotatable bonds is 31. The van der Waals surface area contributed by atoms with Gasteiger partial charge in [-0.25, -0.2) is 0 Å². The lowest BCUT2D eigenvalue weighted by molar-refractivity contribution is -0.390. The maximum atomic E-state index is 13.5. The van der Waals surface area contributed by atoms with Gasteiger partial charge in [-0.15, -0.1) is 0 Å². The highest BCUT2D eigenvalue weighted by Crippen LogP contribution is 2.40. The van der Waals surface area contributed by atoms with Crippen LogP contribution in [-0.2, 0) is 90.2 Å². The largest absolute Gasteiger partial charge is 0.394 e. The van der Waals surface area contributed by atoms with E-state index in [2.05, 4.69) is 16.0 Å². The molecular weight excluding hydrogens is 1480 g/mol. The SMILES string of the molecule is CC(=O)N[C@H]1[C@H](O[C@H]2[C@@H](O)[C@@H](CO)O[C@@H](O[C@H]3[C@H](O[C@@H]4O[C@@H](C)[C@@H](O)[C@@H](O)[C@@H]4O)[C@@H](NC(C)=O)[C@H](OC[C@H]4O[C@@H](O[C@@H]([C@H](O)[C@@H](O)CO)[C@H](O)CO)[C@H](O)[C@@H](O[C@@H]5O[C@H](CO)[C@@H](O)[C@H](O[C@@H]6O[C@H](CO)[C@H](O)[C@H](O)[C@H]6O)[C@H]5NC(C)=O)[C@H]4O)O[C@@H]3CO)[C@@H]2O)O[C@H](CO)[C@@H](O[C@@H]2O[C@H](CO)[C@H](O)[C@H](O)[C@H]2O)[C@@H]1O. The molecule has 0 aromatic carbocycles. The highest BCUT2D eigenvalue weighted by molar-refractivity contribution is 5.74. The molecule has 8 aliphatic heterocycles. The number of amides is 3. The number of aliphatic hydroxyl groups excluding tert-OH is 26. The second-order valence-corrected chi connectivity index (χ2v) is 27.2. The Bertz CT molecular complexity index is 2770. The van der Waals surface area contributed by atoms with E-state index in [1.54, 1.807) is 0 Å². The minimum atomic E-state index is -2.49. The molecule has 0 radical (unpaired) electrons. The van der Waals surface area contributed by atoms with Crippen molar-refractivity contribution in [2.24, 2.45) is 0 Å². The van der Waals surface area contributed by atoms with Crippen LogP contribution in [0.4, 0.5) is 0 Å². The summed E-state index contributed by atoms with van der Waals surface area (Å²) in [5, 5.41) is 291. The van der Waals surface area contributed by atoms with Gasteiger partial charge in [-0.05, 0) is 6.92 Å². The molecule has 3 amide bonds. The lowest BCUT2D eigenvalue weighted by Gasteiger charge is -2.51. The first-order valence-electron chi connectivity index (χ1n) is 34.4. The van der Waals surface area contributed by atoms with Gasteiger partial charge in [0.25, 0.3) is 0 Å². The minimum absolute atomic E-state index is 0.910. The molecule has 48 nitrogen and oxygen atoms in total. The fourth-order valence-electron chi connectivity index (χ4n) is 13.6. The summed E-state index contributed by atoms with van der Waals surface area (Å²) in [5.74, 6) is -2.88. The van der Waals surface area contributed by atoms with Crippen molar-refractivity contribution in [2.75, 3.05) is 59.5 Å². The summed E-state index contributed by atoms with van der Waals surface area (Å²) in [4.78, 5) is 39.3. The Hall–Kier alpha value is -3.27. The Morgan fingerprint density at radius 3 is 1.13 bits per heavy atom. The van der Waals surface area contributed by atoms with E-state index in [0.29, 0.717) is 0 Å². The predicted molar refractivity (Wildman–Crippen MR) is 333 cm³/mol. The van der Waals surface area contributed by atoms with Crippen molar-refractivity contribution in [3.63, 3.8) is 0 Å². The van der Waals surface area contributed by atoms with Gasteiger partial charge in [-0.2, -0.15) is 0 Å². The van der Waals surface area contributed by atoms with Gasteiger partial charge in [0.1, 0.15) is 213 Å². The van der Waals surface area contributed by atoms with Crippen LogP contribution in [0.5, 0.6) is 0 Å². The lowest BCUT2D eigenvalue weighted by Crippen LogP contribution is -2.71. The molecule has 0 aliphatic carbocycles. The second-order valence-electron chi connectivity index (χ2n) is 27.2. The third-order valence-corrected chi connectivity index (χ3v) is 19.6. The lowest BCUT2D eigenvalue weighted by atomic mass is 9.93. The molecule has 0 aromatic heterocycles. The highest BCUT2D eigenvalue weighted by atomic mass is 16.8. The smallest absolute Gasteiger partial charge is 0.217 e. The molecule has 0 spiro atoms. The molecule has 8 saturated heterocycles. The van der Waals surface area contributed by atoms with Crippen LogP contribution < -0.4 is 16.0 Å². The molecule has 0 aromatic rings. The van der Waals surface area contributed by atoms with Gasteiger partial charge < -0.3 is 225 Å². The van der Waals surface area contributed by atoms with E-state index in [9.17, 15) is 147 Å². The number of nitrogens with one attached hydrogen (secondary N) is 3. The van der Waals surface area contributed by atoms with Crippen LogP contribution in [-0.4, -0.2) is 480 Å². The van der Waals surface area contributed by atoms with Gasteiger partial charge in [0.15, 0.2) is 50.3 Å². The number of hydrogen-bond acceptors (Lipinski definition) is 45. The van der Waals surface area contributed by atoms with Crippen LogP contribution in [0.1, 0.15) is 27.7 Å². The molecule has 8 aliphatic rings. The Labute approximate surface area is 612 Å². The molecule has 44 atom stereocenters. The second kappa shape index (κ2) is 39.9. The summed E-state index contributed by atoms with van der Waals surface area (Å²) >= 11 is 0. The third-order valence-electron chi connectivity index (χ3n) is 19.6. The number of aliphatic hydroxyl groups is 26. The van der Waals surface area contributed by atoms with Gasteiger partial charge in [-0.3, -0.25) is 14.4 Å². The summed E-state index contributed by atoms with van der Waals surface area (Å²) < 4.78 is 95.0. The van der Waals surface area contributed by atoms with Crippen molar-refractivity contribution in [1.29, 1.82) is 0 Å². The zero-order chi connectivity index (χ0) is 79.9. The Morgan fingerprint density at radius 1 is 0.315 bits per heavy atom.